The number of hydrogen-bond acceptors (Lipinski definition) is 6. The standard InChI is InChI=1S/C29H44N6O2/c1-22(19-27-13-14-28(37-27)23(2)29(36)30-24-9-5-3-6-10-24)35-21-25(31-32-35)20-33-15-17-34(18-16-33)26-11-7-4-8-12-26/h4,7-8,11-12,21-24,27-28H,3,5-6,9-10,13-20H2,1-2H3,(H,30,36)/t22?,23-,27?,28?/m0/s1. The first-order valence-electron chi connectivity index (χ1n) is 14.4. The Morgan fingerprint density at radius 2 is 1.78 bits per heavy atom. The van der Waals surface area contributed by atoms with Crippen molar-refractivity contribution in [2.24, 2.45) is 5.92 Å². The highest BCUT2D eigenvalue weighted by Crippen LogP contribution is 2.31. The average molecular weight is 509 g/mol. The van der Waals surface area contributed by atoms with E-state index in [2.05, 4.69) is 68.9 Å². The smallest absolute Gasteiger partial charge is 0.225 e. The highest BCUT2D eigenvalue weighted by molar-refractivity contribution is 5.79. The summed E-state index contributed by atoms with van der Waals surface area (Å²) in [5, 5.41) is 12.2. The minimum atomic E-state index is -0.0948. The summed E-state index contributed by atoms with van der Waals surface area (Å²) in [5.74, 6) is 0.0682. The quantitative estimate of drug-likeness (QED) is 0.548. The lowest BCUT2D eigenvalue weighted by Crippen LogP contribution is -2.46. The molecule has 4 atom stereocenters. The molecule has 0 radical (unpaired) electrons. The molecule has 37 heavy (non-hydrogen) atoms. The molecule has 3 unspecified atom stereocenters. The molecule has 3 fully saturated rings. The van der Waals surface area contributed by atoms with E-state index in [0.29, 0.717) is 6.04 Å². The molecule has 1 aromatic heterocycles. The summed E-state index contributed by atoms with van der Waals surface area (Å²) in [7, 11) is 0. The zero-order valence-corrected chi connectivity index (χ0v) is 22.6. The number of nitrogens with one attached hydrogen (secondary N) is 1. The second kappa shape index (κ2) is 12.4. The van der Waals surface area contributed by atoms with Gasteiger partial charge >= 0.3 is 0 Å². The van der Waals surface area contributed by atoms with Crippen LogP contribution in [0.25, 0.3) is 0 Å². The third-order valence-corrected chi connectivity index (χ3v) is 8.56. The van der Waals surface area contributed by atoms with E-state index in [4.69, 9.17) is 4.74 Å². The van der Waals surface area contributed by atoms with Gasteiger partial charge in [0.05, 0.1) is 36.1 Å². The summed E-state index contributed by atoms with van der Waals surface area (Å²) in [6.45, 7) is 9.18. The van der Waals surface area contributed by atoms with E-state index in [1.807, 2.05) is 11.6 Å². The highest BCUT2D eigenvalue weighted by Gasteiger charge is 2.34. The topological polar surface area (TPSA) is 75.5 Å². The Bertz CT molecular complexity index is 983. The van der Waals surface area contributed by atoms with Crippen LogP contribution >= 0.6 is 0 Å². The summed E-state index contributed by atoms with van der Waals surface area (Å²) in [5.41, 5.74) is 2.33. The van der Waals surface area contributed by atoms with Crippen LogP contribution in [0.2, 0.25) is 0 Å². The predicted molar refractivity (Wildman–Crippen MR) is 145 cm³/mol. The highest BCUT2D eigenvalue weighted by atomic mass is 16.5. The monoisotopic (exact) mass is 508 g/mol. The van der Waals surface area contributed by atoms with Gasteiger partial charge in [-0.05, 0) is 51.2 Å². The molecule has 0 spiro atoms. The van der Waals surface area contributed by atoms with Crippen LogP contribution in [0.1, 0.15) is 76.9 Å². The number of carbonyl (C=O) groups excluding carboxylic acids is 1. The van der Waals surface area contributed by atoms with Gasteiger partial charge in [-0.15, -0.1) is 5.10 Å². The predicted octanol–water partition coefficient (Wildman–Crippen LogP) is 4.18. The number of carbonyl (C=O) groups is 1. The maximum absolute atomic E-state index is 12.8. The third-order valence-electron chi connectivity index (χ3n) is 8.56. The van der Waals surface area contributed by atoms with Crippen LogP contribution in [0, 0.1) is 5.92 Å². The summed E-state index contributed by atoms with van der Waals surface area (Å²) >= 11 is 0. The van der Waals surface area contributed by atoms with E-state index in [9.17, 15) is 4.79 Å². The van der Waals surface area contributed by atoms with Crippen molar-refractivity contribution in [3.63, 3.8) is 0 Å². The fourth-order valence-corrected chi connectivity index (χ4v) is 6.14. The van der Waals surface area contributed by atoms with Gasteiger partial charge in [0, 0.05) is 44.5 Å². The zero-order chi connectivity index (χ0) is 25.6. The van der Waals surface area contributed by atoms with Gasteiger partial charge in [-0.3, -0.25) is 9.69 Å². The lowest BCUT2D eigenvalue weighted by atomic mass is 9.94. The number of anilines is 1. The molecule has 8 nitrogen and oxygen atoms in total. The summed E-state index contributed by atoms with van der Waals surface area (Å²) in [4.78, 5) is 17.7. The first-order valence-corrected chi connectivity index (χ1v) is 14.4. The molecule has 1 N–H and O–H groups in total. The van der Waals surface area contributed by atoms with E-state index in [-0.39, 0.29) is 30.1 Å². The molecule has 2 aromatic rings. The Hall–Kier alpha value is -2.45. The minimum absolute atomic E-state index is 0.0154. The number of nitrogens with zero attached hydrogens (tertiary/aromatic N) is 5. The van der Waals surface area contributed by atoms with Crippen LogP contribution in [-0.4, -0.2) is 70.2 Å². The molecule has 0 bridgehead atoms. The summed E-state index contributed by atoms with van der Waals surface area (Å²) in [6.07, 6.45) is 11.1. The van der Waals surface area contributed by atoms with Gasteiger partial charge in [0.15, 0.2) is 0 Å². The van der Waals surface area contributed by atoms with Crippen LogP contribution in [0.4, 0.5) is 5.69 Å². The lowest BCUT2D eigenvalue weighted by Gasteiger charge is -2.35. The van der Waals surface area contributed by atoms with Crippen molar-refractivity contribution in [3.8, 4) is 0 Å². The van der Waals surface area contributed by atoms with E-state index in [1.54, 1.807) is 0 Å². The van der Waals surface area contributed by atoms with Crippen LogP contribution in [0.3, 0.4) is 0 Å². The van der Waals surface area contributed by atoms with Crippen molar-refractivity contribution in [1.82, 2.24) is 25.2 Å². The lowest BCUT2D eigenvalue weighted by molar-refractivity contribution is -0.130. The molecule has 8 heteroatoms. The van der Waals surface area contributed by atoms with Crippen LogP contribution < -0.4 is 10.2 Å². The van der Waals surface area contributed by atoms with Gasteiger partial charge in [-0.1, -0.05) is 49.6 Å². The fourth-order valence-electron chi connectivity index (χ4n) is 6.14. The Labute approximate surface area is 221 Å². The van der Waals surface area contributed by atoms with Gasteiger partial charge in [-0.25, -0.2) is 4.68 Å². The molecule has 1 aromatic carbocycles. The molecule has 1 saturated carbocycles. The Morgan fingerprint density at radius 1 is 1.03 bits per heavy atom. The van der Waals surface area contributed by atoms with Crippen molar-refractivity contribution >= 4 is 11.6 Å². The molecule has 3 heterocycles. The Morgan fingerprint density at radius 3 is 2.54 bits per heavy atom. The molecule has 1 amide bonds. The van der Waals surface area contributed by atoms with Crippen molar-refractivity contribution in [2.45, 2.75) is 96.1 Å². The van der Waals surface area contributed by atoms with E-state index in [1.165, 1.54) is 24.9 Å². The van der Waals surface area contributed by atoms with E-state index < -0.39 is 0 Å². The number of piperazine rings is 1. The summed E-state index contributed by atoms with van der Waals surface area (Å²) < 4.78 is 8.36. The Kier molecular flexibility index (Phi) is 8.77. The van der Waals surface area contributed by atoms with Crippen LogP contribution in [0.5, 0.6) is 0 Å². The second-order valence-electron chi connectivity index (χ2n) is 11.4. The number of para-hydroxylation sites is 1. The average Bonchev–Trinajstić information content (AvgIpc) is 3.60. The van der Waals surface area contributed by atoms with Crippen molar-refractivity contribution < 1.29 is 9.53 Å². The number of benzene rings is 1. The van der Waals surface area contributed by atoms with Gasteiger partial charge in [0.1, 0.15) is 0 Å². The van der Waals surface area contributed by atoms with Crippen molar-refractivity contribution in [3.05, 3.63) is 42.2 Å². The normalized spacial score (nSPS) is 25.2. The Balaban J connectivity index is 1.04. The molecule has 1 aliphatic carbocycles. The van der Waals surface area contributed by atoms with Gasteiger partial charge in [0.25, 0.3) is 0 Å². The third kappa shape index (κ3) is 6.90. The van der Waals surface area contributed by atoms with Crippen molar-refractivity contribution in [1.29, 1.82) is 0 Å². The van der Waals surface area contributed by atoms with Crippen LogP contribution in [-0.2, 0) is 16.1 Å². The van der Waals surface area contributed by atoms with Gasteiger partial charge in [-0.2, -0.15) is 0 Å². The second-order valence-corrected chi connectivity index (χ2v) is 11.4. The largest absolute Gasteiger partial charge is 0.374 e. The number of hydrogen-bond donors (Lipinski definition) is 1. The molecule has 2 saturated heterocycles. The molecular weight excluding hydrogens is 464 g/mol. The number of aromatic nitrogens is 3. The van der Waals surface area contributed by atoms with Crippen LogP contribution in [0.15, 0.2) is 36.5 Å². The SMILES string of the molecule is CC(CC1CCC([C@H](C)C(=O)NC2CCCCC2)O1)n1cc(CN2CCN(c3ccccc3)CC2)nn1. The molecular formula is C29H44N6O2. The van der Waals surface area contributed by atoms with Gasteiger partial charge < -0.3 is 15.0 Å². The molecule has 3 aliphatic rings. The first kappa shape index (κ1) is 26.2. The molecule has 2 aliphatic heterocycles. The fraction of sp³-hybridized carbons (Fsp3) is 0.690. The minimum Gasteiger partial charge on any atom is -0.374 e. The maximum atomic E-state index is 12.8. The van der Waals surface area contributed by atoms with E-state index in [0.717, 1.165) is 70.5 Å². The van der Waals surface area contributed by atoms with Crippen molar-refractivity contribution in [2.75, 3.05) is 31.1 Å². The zero-order valence-electron chi connectivity index (χ0n) is 22.6. The van der Waals surface area contributed by atoms with Gasteiger partial charge in [0.2, 0.25) is 5.91 Å². The summed E-state index contributed by atoms with van der Waals surface area (Å²) in [6, 6.07) is 11.2. The number of amides is 1. The molecule has 202 valence electrons. The number of ether oxygens (including phenoxy) is 1. The number of rotatable bonds is 9. The maximum Gasteiger partial charge on any atom is 0.225 e. The van der Waals surface area contributed by atoms with E-state index >= 15 is 0 Å². The first-order chi connectivity index (χ1) is 18.0. The molecule has 5 rings (SSSR count).